The summed E-state index contributed by atoms with van der Waals surface area (Å²) in [5, 5.41) is 9.55. The molecule has 0 radical (unpaired) electrons. The Hall–Kier alpha value is -1.02. The molecule has 0 aliphatic heterocycles. The monoisotopic (exact) mass is 226 g/mol. The summed E-state index contributed by atoms with van der Waals surface area (Å²) in [5.74, 6) is -0.899. The Balaban J connectivity index is 2.87. The highest BCUT2D eigenvalue weighted by Gasteiger charge is 2.11. The Kier molecular flexibility index (Phi) is 4.63. The largest absolute Gasteiger partial charge is 0.478 e. The van der Waals surface area contributed by atoms with E-state index in [4.69, 9.17) is 16.7 Å². The molecular weight excluding hydrogens is 212 g/mol. The molecule has 0 saturated heterocycles. The van der Waals surface area contributed by atoms with Crippen molar-refractivity contribution in [2.45, 2.75) is 32.6 Å². The van der Waals surface area contributed by atoms with Crippen molar-refractivity contribution in [3.8, 4) is 0 Å². The molecule has 0 heterocycles. The van der Waals surface area contributed by atoms with Gasteiger partial charge in [-0.2, -0.15) is 0 Å². The van der Waals surface area contributed by atoms with E-state index in [0.29, 0.717) is 10.6 Å². The van der Waals surface area contributed by atoms with Crippen LogP contribution < -0.4 is 0 Å². The van der Waals surface area contributed by atoms with E-state index in [2.05, 4.69) is 6.92 Å². The molecule has 0 spiro atoms. The molecular formula is C12H15ClO2. The maximum atomic E-state index is 10.9. The van der Waals surface area contributed by atoms with Gasteiger partial charge in [-0.1, -0.05) is 37.4 Å². The van der Waals surface area contributed by atoms with Crippen molar-refractivity contribution in [3.05, 3.63) is 34.3 Å². The summed E-state index contributed by atoms with van der Waals surface area (Å²) >= 11 is 5.99. The zero-order valence-electron chi connectivity index (χ0n) is 8.79. The molecule has 0 bridgehead atoms. The third-order valence-corrected chi connectivity index (χ3v) is 2.73. The van der Waals surface area contributed by atoms with Gasteiger partial charge in [-0.15, -0.1) is 0 Å². The Labute approximate surface area is 94.9 Å². The standard InChI is InChI=1S/C12H15ClO2/c1-2-3-4-6-9-10(12(14)15)7-5-8-11(9)13/h5,7-8H,2-4,6H2,1H3,(H,14,15). The molecule has 3 heteroatoms. The highest BCUT2D eigenvalue weighted by molar-refractivity contribution is 6.31. The average molecular weight is 227 g/mol. The predicted molar refractivity (Wildman–Crippen MR) is 61.6 cm³/mol. The van der Waals surface area contributed by atoms with Crippen molar-refractivity contribution in [2.24, 2.45) is 0 Å². The summed E-state index contributed by atoms with van der Waals surface area (Å²) in [4.78, 5) is 10.9. The maximum absolute atomic E-state index is 10.9. The van der Waals surface area contributed by atoms with Gasteiger partial charge >= 0.3 is 5.97 Å². The number of hydrogen-bond donors (Lipinski definition) is 1. The van der Waals surface area contributed by atoms with Gasteiger partial charge in [-0.3, -0.25) is 0 Å². The summed E-state index contributed by atoms with van der Waals surface area (Å²) in [6.45, 7) is 2.12. The van der Waals surface area contributed by atoms with E-state index in [9.17, 15) is 4.79 Å². The Morgan fingerprint density at radius 3 is 2.73 bits per heavy atom. The number of aromatic carboxylic acids is 1. The van der Waals surface area contributed by atoms with Crippen LogP contribution in [0.4, 0.5) is 0 Å². The fourth-order valence-electron chi connectivity index (χ4n) is 1.56. The maximum Gasteiger partial charge on any atom is 0.336 e. The summed E-state index contributed by atoms with van der Waals surface area (Å²) in [6.07, 6.45) is 3.95. The van der Waals surface area contributed by atoms with Crippen LogP contribution in [0.15, 0.2) is 18.2 Å². The van der Waals surface area contributed by atoms with Crippen LogP contribution in [-0.4, -0.2) is 11.1 Å². The van der Waals surface area contributed by atoms with Gasteiger partial charge in [0.2, 0.25) is 0 Å². The molecule has 1 N–H and O–H groups in total. The number of carboxylic acid groups (broad SMARTS) is 1. The van der Waals surface area contributed by atoms with E-state index in [1.165, 1.54) is 0 Å². The normalized spacial score (nSPS) is 10.3. The fourth-order valence-corrected chi connectivity index (χ4v) is 1.83. The first-order valence-electron chi connectivity index (χ1n) is 5.17. The lowest BCUT2D eigenvalue weighted by molar-refractivity contribution is 0.0695. The van der Waals surface area contributed by atoms with Crippen LogP contribution in [0.1, 0.15) is 42.1 Å². The van der Waals surface area contributed by atoms with Crippen LogP contribution >= 0.6 is 11.6 Å². The second kappa shape index (κ2) is 5.76. The Morgan fingerprint density at radius 1 is 1.40 bits per heavy atom. The minimum Gasteiger partial charge on any atom is -0.478 e. The molecule has 0 fully saturated rings. The molecule has 0 amide bonds. The van der Waals surface area contributed by atoms with Gasteiger partial charge in [0.15, 0.2) is 0 Å². The SMILES string of the molecule is CCCCCc1c(Cl)cccc1C(=O)O. The van der Waals surface area contributed by atoms with Gasteiger partial charge in [0, 0.05) is 5.02 Å². The second-order valence-electron chi connectivity index (χ2n) is 3.53. The second-order valence-corrected chi connectivity index (χ2v) is 3.94. The Morgan fingerprint density at radius 2 is 2.13 bits per heavy atom. The number of unbranched alkanes of at least 4 members (excludes halogenated alkanes) is 2. The lowest BCUT2D eigenvalue weighted by atomic mass is 10.0. The van der Waals surface area contributed by atoms with Crippen molar-refractivity contribution < 1.29 is 9.90 Å². The van der Waals surface area contributed by atoms with Gasteiger partial charge in [-0.25, -0.2) is 4.79 Å². The molecule has 0 saturated carbocycles. The quantitative estimate of drug-likeness (QED) is 0.776. The van der Waals surface area contributed by atoms with Crippen molar-refractivity contribution in [3.63, 3.8) is 0 Å². The number of benzene rings is 1. The summed E-state index contributed by atoms with van der Waals surface area (Å²) in [7, 11) is 0. The van der Waals surface area contributed by atoms with E-state index in [0.717, 1.165) is 31.2 Å². The average Bonchev–Trinajstić information content (AvgIpc) is 2.20. The molecule has 1 aromatic carbocycles. The first-order chi connectivity index (χ1) is 7.16. The molecule has 2 nitrogen and oxygen atoms in total. The summed E-state index contributed by atoms with van der Waals surface area (Å²) < 4.78 is 0. The minimum absolute atomic E-state index is 0.332. The van der Waals surface area contributed by atoms with Crippen LogP contribution in [0.2, 0.25) is 5.02 Å². The highest BCUT2D eigenvalue weighted by Crippen LogP contribution is 2.22. The zero-order valence-corrected chi connectivity index (χ0v) is 9.55. The first-order valence-corrected chi connectivity index (χ1v) is 5.55. The van der Waals surface area contributed by atoms with Crippen molar-refractivity contribution in [1.29, 1.82) is 0 Å². The van der Waals surface area contributed by atoms with E-state index in [1.54, 1.807) is 18.2 Å². The smallest absolute Gasteiger partial charge is 0.336 e. The van der Waals surface area contributed by atoms with Crippen LogP contribution in [0.5, 0.6) is 0 Å². The van der Waals surface area contributed by atoms with Crippen LogP contribution in [0, 0.1) is 0 Å². The molecule has 0 aromatic heterocycles. The van der Waals surface area contributed by atoms with Crippen molar-refractivity contribution >= 4 is 17.6 Å². The van der Waals surface area contributed by atoms with Gasteiger partial charge in [0.25, 0.3) is 0 Å². The van der Waals surface area contributed by atoms with Crippen molar-refractivity contribution in [2.75, 3.05) is 0 Å². The molecule has 15 heavy (non-hydrogen) atoms. The van der Waals surface area contributed by atoms with Gasteiger partial charge in [0.1, 0.15) is 0 Å². The molecule has 0 aliphatic carbocycles. The lowest BCUT2D eigenvalue weighted by Gasteiger charge is -2.07. The molecule has 1 aromatic rings. The molecule has 82 valence electrons. The number of carboxylic acids is 1. The van der Waals surface area contributed by atoms with Gasteiger partial charge in [0.05, 0.1) is 5.56 Å². The van der Waals surface area contributed by atoms with Crippen molar-refractivity contribution in [1.82, 2.24) is 0 Å². The van der Waals surface area contributed by atoms with Gasteiger partial charge in [-0.05, 0) is 30.5 Å². The molecule has 0 atom stereocenters. The minimum atomic E-state index is -0.899. The third kappa shape index (κ3) is 3.24. The Bertz CT molecular complexity index is 347. The van der Waals surface area contributed by atoms with E-state index in [1.807, 2.05) is 0 Å². The first kappa shape index (κ1) is 12.1. The fraction of sp³-hybridized carbons (Fsp3) is 0.417. The molecule has 0 unspecified atom stereocenters. The molecule has 1 rings (SSSR count). The number of carbonyl (C=O) groups is 1. The zero-order chi connectivity index (χ0) is 11.3. The van der Waals surface area contributed by atoms with E-state index >= 15 is 0 Å². The van der Waals surface area contributed by atoms with E-state index in [-0.39, 0.29) is 0 Å². The molecule has 0 aliphatic rings. The number of hydrogen-bond acceptors (Lipinski definition) is 1. The van der Waals surface area contributed by atoms with E-state index < -0.39 is 5.97 Å². The van der Waals surface area contributed by atoms with Crippen LogP contribution in [-0.2, 0) is 6.42 Å². The van der Waals surface area contributed by atoms with Crippen LogP contribution in [0.25, 0.3) is 0 Å². The summed E-state index contributed by atoms with van der Waals surface area (Å²) in [6, 6.07) is 5.03. The lowest BCUT2D eigenvalue weighted by Crippen LogP contribution is -2.03. The van der Waals surface area contributed by atoms with Gasteiger partial charge < -0.3 is 5.11 Å². The number of rotatable bonds is 5. The topological polar surface area (TPSA) is 37.3 Å². The van der Waals surface area contributed by atoms with Crippen LogP contribution in [0.3, 0.4) is 0 Å². The summed E-state index contributed by atoms with van der Waals surface area (Å²) in [5.41, 5.74) is 1.10. The predicted octanol–water partition coefficient (Wildman–Crippen LogP) is 3.77. The highest BCUT2D eigenvalue weighted by atomic mass is 35.5. The third-order valence-electron chi connectivity index (χ3n) is 2.38. The number of halogens is 1.